The fraction of sp³-hybridized carbons (Fsp3) is 0.324. The topological polar surface area (TPSA) is 36.0 Å². The first-order valence-electron chi connectivity index (χ1n) is 15.6. The molecule has 0 unspecified atom stereocenters. The third kappa shape index (κ3) is 8.90. The minimum absolute atomic E-state index is 0.00411. The Bertz CT molecular complexity index is 1520. The molecule has 1 aliphatic heterocycles. The molecule has 0 aliphatic carbocycles. The monoisotopic (exact) mass is 649 g/mol. The van der Waals surface area contributed by atoms with E-state index in [1.807, 2.05) is 53.4 Å². The number of carbonyl (C=O) groups excluding carboxylic acids is 1. The van der Waals surface area contributed by atoms with Crippen LogP contribution in [0.2, 0.25) is 5.02 Å². The number of alkyl halides is 3. The van der Waals surface area contributed by atoms with Gasteiger partial charge in [-0.3, -0.25) is 9.69 Å². The summed E-state index contributed by atoms with van der Waals surface area (Å²) in [6.07, 6.45) is -3.92. The lowest BCUT2D eigenvalue weighted by Gasteiger charge is -2.32. The molecule has 0 radical (unpaired) electrons. The van der Waals surface area contributed by atoms with Gasteiger partial charge in [-0.2, -0.15) is 13.2 Å². The zero-order valence-corrected chi connectivity index (χ0v) is 26.7. The molecule has 1 heterocycles. The number of ether oxygens (including phenoxy) is 1. The van der Waals surface area contributed by atoms with E-state index in [0.717, 1.165) is 30.3 Å². The Morgan fingerprint density at radius 3 is 2.13 bits per heavy atom. The molecular weight excluding hydrogens is 611 g/mol. The standard InChI is InChI=1S/C37H39ClF3N3O2/c1-42-20-22-44(23-21-42)36(45)30-15-8-17-32(25-30)46-24-10-19-43(26-31-16-9-18-34(35(31)38)37(39,40)41)27-33(28-11-4-2-5-12-28)29-13-6-3-7-14-29/h2-9,11-18,25,33H,10,19-24,26-27H2,1H3. The molecule has 4 aromatic rings. The summed E-state index contributed by atoms with van der Waals surface area (Å²) in [4.78, 5) is 19.3. The van der Waals surface area contributed by atoms with E-state index >= 15 is 0 Å². The number of hydrogen-bond donors (Lipinski definition) is 0. The van der Waals surface area contributed by atoms with E-state index in [9.17, 15) is 18.0 Å². The first-order chi connectivity index (χ1) is 22.2. The number of benzene rings is 4. The number of halogens is 4. The van der Waals surface area contributed by atoms with Crippen LogP contribution in [0, 0.1) is 0 Å². The Hall–Kier alpha value is -3.85. The lowest BCUT2D eigenvalue weighted by atomic mass is 9.90. The van der Waals surface area contributed by atoms with Gasteiger partial charge in [-0.25, -0.2) is 0 Å². The maximum absolute atomic E-state index is 13.7. The molecule has 5 rings (SSSR count). The minimum atomic E-state index is -4.54. The first kappa shape index (κ1) is 33.5. The number of nitrogens with zero attached hydrogens (tertiary/aromatic N) is 3. The molecule has 1 aliphatic rings. The molecule has 4 aromatic carbocycles. The average Bonchev–Trinajstić information content (AvgIpc) is 3.06. The average molecular weight is 650 g/mol. The van der Waals surface area contributed by atoms with Crippen molar-refractivity contribution in [2.24, 2.45) is 0 Å². The van der Waals surface area contributed by atoms with E-state index in [-0.39, 0.29) is 23.4 Å². The van der Waals surface area contributed by atoms with Gasteiger partial charge in [0.05, 0.1) is 17.2 Å². The van der Waals surface area contributed by atoms with Gasteiger partial charge >= 0.3 is 6.18 Å². The van der Waals surface area contributed by atoms with Crippen molar-refractivity contribution >= 4 is 17.5 Å². The molecule has 1 fully saturated rings. The van der Waals surface area contributed by atoms with Crippen molar-refractivity contribution in [3.05, 3.63) is 136 Å². The molecule has 1 amide bonds. The van der Waals surface area contributed by atoms with Gasteiger partial charge in [0.1, 0.15) is 5.75 Å². The molecule has 0 atom stereocenters. The summed E-state index contributed by atoms with van der Waals surface area (Å²) in [5, 5.41) is -0.269. The summed E-state index contributed by atoms with van der Waals surface area (Å²) in [7, 11) is 2.05. The zero-order chi connectivity index (χ0) is 32.5. The molecule has 9 heteroatoms. The maximum Gasteiger partial charge on any atom is 0.417 e. The molecule has 0 bridgehead atoms. The second-order valence-corrected chi connectivity index (χ2v) is 12.1. The lowest BCUT2D eigenvalue weighted by Crippen LogP contribution is -2.47. The predicted octanol–water partition coefficient (Wildman–Crippen LogP) is 7.85. The van der Waals surface area contributed by atoms with Crippen LogP contribution < -0.4 is 4.74 Å². The van der Waals surface area contributed by atoms with Crippen molar-refractivity contribution in [2.75, 3.05) is 52.9 Å². The van der Waals surface area contributed by atoms with Crippen molar-refractivity contribution in [1.82, 2.24) is 14.7 Å². The zero-order valence-electron chi connectivity index (χ0n) is 25.9. The largest absolute Gasteiger partial charge is 0.494 e. The molecule has 0 spiro atoms. The number of likely N-dealkylation sites (N-methyl/N-ethyl adjacent to an activating group) is 1. The second kappa shape index (κ2) is 15.6. The quantitative estimate of drug-likeness (QED) is 0.147. The summed E-state index contributed by atoms with van der Waals surface area (Å²) in [5.74, 6) is 0.597. The molecule has 1 saturated heterocycles. The van der Waals surface area contributed by atoms with Gasteiger partial charge < -0.3 is 14.5 Å². The van der Waals surface area contributed by atoms with E-state index in [0.29, 0.717) is 56.1 Å². The van der Waals surface area contributed by atoms with Crippen LogP contribution in [0.4, 0.5) is 13.2 Å². The highest BCUT2D eigenvalue weighted by Gasteiger charge is 2.34. The number of rotatable bonds is 12. The van der Waals surface area contributed by atoms with Gasteiger partial charge in [0.2, 0.25) is 0 Å². The second-order valence-electron chi connectivity index (χ2n) is 11.7. The van der Waals surface area contributed by atoms with Crippen molar-refractivity contribution in [1.29, 1.82) is 0 Å². The molecule has 0 N–H and O–H groups in total. The Kier molecular flexibility index (Phi) is 11.4. The first-order valence-corrected chi connectivity index (χ1v) is 15.9. The van der Waals surface area contributed by atoms with E-state index in [1.165, 1.54) is 6.07 Å². The van der Waals surface area contributed by atoms with Crippen molar-refractivity contribution in [3.63, 3.8) is 0 Å². The SMILES string of the molecule is CN1CCN(C(=O)c2cccc(OCCCN(Cc3cccc(C(F)(F)F)c3Cl)CC(c3ccccc3)c3ccccc3)c2)CC1. The van der Waals surface area contributed by atoms with Crippen LogP contribution in [-0.4, -0.2) is 73.5 Å². The highest BCUT2D eigenvalue weighted by Crippen LogP contribution is 2.37. The Morgan fingerprint density at radius 2 is 1.50 bits per heavy atom. The highest BCUT2D eigenvalue weighted by molar-refractivity contribution is 6.32. The normalized spacial score (nSPS) is 14.2. The molecule has 0 saturated carbocycles. The third-order valence-corrected chi connectivity index (χ3v) is 8.83. The van der Waals surface area contributed by atoms with Crippen molar-refractivity contribution < 1.29 is 22.7 Å². The smallest absolute Gasteiger partial charge is 0.417 e. The van der Waals surface area contributed by atoms with Crippen LogP contribution in [0.1, 0.15) is 45.0 Å². The van der Waals surface area contributed by atoms with Crippen LogP contribution >= 0.6 is 11.6 Å². The van der Waals surface area contributed by atoms with Gasteiger partial charge in [0, 0.05) is 57.3 Å². The number of carbonyl (C=O) groups is 1. The number of amides is 1. The van der Waals surface area contributed by atoms with Gasteiger partial charge in [0.15, 0.2) is 0 Å². The molecule has 0 aromatic heterocycles. The third-order valence-electron chi connectivity index (χ3n) is 8.38. The van der Waals surface area contributed by atoms with Crippen molar-refractivity contribution in [2.45, 2.75) is 25.1 Å². The van der Waals surface area contributed by atoms with E-state index in [2.05, 4.69) is 41.1 Å². The van der Waals surface area contributed by atoms with Gasteiger partial charge in [0.25, 0.3) is 5.91 Å². The minimum Gasteiger partial charge on any atom is -0.494 e. The Balaban J connectivity index is 1.30. The highest BCUT2D eigenvalue weighted by atomic mass is 35.5. The van der Waals surface area contributed by atoms with Gasteiger partial charge in [-0.15, -0.1) is 0 Å². The summed E-state index contributed by atoms with van der Waals surface area (Å²) in [6, 6.07) is 31.6. The Labute approximate surface area is 274 Å². The van der Waals surface area contributed by atoms with E-state index in [4.69, 9.17) is 16.3 Å². The number of piperazine rings is 1. The number of hydrogen-bond acceptors (Lipinski definition) is 4. The molecule has 5 nitrogen and oxygen atoms in total. The molecule has 46 heavy (non-hydrogen) atoms. The van der Waals surface area contributed by atoms with E-state index in [1.54, 1.807) is 18.2 Å². The fourth-order valence-corrected chi connectivity index (χ4v) is 6.11. The lowest BCUT2D eigenvalue weighted by molar-refractivity contribution is -0.137. The predicted molar refractivity (Wildman–Crippen MR) is 176 cm³/mol. The Morgan fingerprint density at radius 1 is 0.870 bits per heavy atom. The van der Waals surface area contributed by atoms with Crippen molar-refractivity contribution in [3.8, 4) is 5.75 Å². The summed E-state index contributed by atoms with van der Waals surface area (Å²) in [6.45, 7) is 4.82. The van der Waals surface area contributed by atoms with Crippen LogP contribution in [-0.2, 0) is 12.7 Å². The van der Waals surface area contributed by atoms with Crippen LogP contribution in [0.3, 0.4) is 0 Å². The summed E-state index contributed by atoms with van der Waals surface area (Å²) in [5.41, 5.74) is 2.42. The van der Waals surface area contributed by atoms with Crippen LogP contribution in [0.15, 0.2) is 103 Å². The summed E-state index contributed by atoms with van der Waals surface area (Å²) < 4.78 is 47.1. The van der Waals surface area contributed by atoms with Gasteiger partial charge in [-0.1, -0.05) is 90.5 Å². The summed E-state index contributed by atoms with van der Waals surface area (Å²) >= 11 is 6.35. The maximum atomic E-state index is 13.7. The molecular formula is C37H39ClF3N3O2. The molecule has 242 valence electrons. The van der Waals surface area contributed by atoms with E-state index < -0.39 is 11.7 Å². The fourth-order valence-electron chi connectivity index (χ4n) is 5.82. The van der Waals surface area contributed by atoms with Crippen LogP contribution in [0.25, 0.3) is 0 Å². The van der Waals surface area contributed by atoms with Gasteiger partial charge in [-0.05, 0) is 54.4 Å². The van der Waals surface area contributed by atoms with Crippen LogP contribution in [0.5, 0.6) is 5.75 Å².